The number of methoxy groups -OCH3 is 1. The summed E-state index contributed by atoms with van der Waals surface area (Å²) in [6, 6.07) is -0.540. The number of hydrogen-bond acceptors (Lipinski definition) is 5. The molecule has 0 fully saturated rings. The third-order valence-corrected chi connectivity index (χ3v) is 1.84. The SMILES string of the molecule is COC(=O)C(C)/N=C/C(C)(C)COC(C)=O. The molecule has 0 aliphatic rings. The third kappa shape index (κ3) is 6.16. The van der Waals surface area contributed by atoms with E-state index in [-0.39, 0.29) is 18.5 Å². The van der Waals surface area contributed by atoms with E-state index >= 15 is 0 Å². The Morgan fingerprint density at radius 3 is 2.44 bits per heavy atom. The molecular weight excluding hydrogens is 210 g/mol. The minimum Gasteiger partial charge on any atom is -0.467 e. The van der Waals surface area contributed by atoms with Crippen molar-refractivity contribution < 1.29 is 19.1 Å². The summed E-state index contributed by atoms with van der Waals surface area (Å²) in [6.45, 7) is 6.96. The lowest BCUT2D eigenvalue weighted by Crippen LogP contribution is -2.25. The number of ether oxygens (including phenoxy) is 2. The minimum absolute atomic E-state index is 0.236. The molecule has 16 heavy (non-hydrogen) atoms. The molecule has 5 nitrogen and oxygen atoms in total. The maximum Gasteiger partial charge on any atom is 0.330 e. The normalized spacial score (nSPS) is 13.6. The van der Waals surface area contributed by atoms with Gasteiger partial charge >= 0.3 is 11.9 Å². The Bertz CT molecular complexity index is 284. The summed E-state index contributed by atoms with van der Waals surface area (Å²) >= 11 is 0. The lowest BCUT2D eigenvalue weighted by Gasteiger charge is -2.18. The standard InChI is InChI=1S/C11H19NO4/c1-8(10(14)15-5)12-6-11(3,4)7-16-9(2)13/h6,8H,7H2,1-5H3/b12-6+. The number of rotatable bonds is 5. The fourth-order valence-electron chi connectivity index (χ4n) is 0.870. The van der Waals surface area contributed by atoms with Crippen molar-refractivity contribution in [1.82, 2.24) is 0 Å². The summed E-state index contributed by atoms with van der Waals surface area (Å²) in [7, 11) is 1.32. The molecule has 0 radical (unpaired) electrons. The second kappa shape index (κ2) is 6.25. The molecule has 92 valence electrons. The number of carbonyl (C=O) groups excluding carboxylic acids is 2. The topological polar surface area (TPSA) is 65.0 Å². The van der Waals surface area contributed by atoms with E-state index in [9.17, 15) is 9.59 Å². The molecule has 0 saturated heterocycles. The average molecular weight is 229 g/mol. The predicted molar refractivity (Wildman–Crippen MR) is 60.4 cm³/mol. The second-order valence-electron chi connectivity index (χ2n) is 4.25. The molecule has 0 heterocycles. The summed E-state index contributed by atoms with van der Waals surface area (Å²) in [4.78, 5) is 25.8. The van der Waals surface area contributed by atoms with Gasteiger partial charge in [0.2, 0.25) is 0 Å². The van der Waals surface area contributed by atoms with Gasteiger partial charge in [0.25, 0.3) is 0 Å². The van der Waals surface area contributed by atoms with Crippen molar-refractivity contribution in [2.45, 2.75) is 33.7 Å². The summed E-state index contributed by atoms with van der Waals surface area (Å²) in [5.74, 6) is -0.720. The highest BCUT2D eigenvalue weighted by molar-refractivity contribution is 5.78. The molecule has 0 aromatic carbocycles. The fraction of sp³-hybridized carbons (Fsp3) is 0.727. The molecule has 0 saturated carbocycles. The van der Waals surface area contributed by atoms with Crippen LogP contribution in [-0.2, 0) is 19.1 Å². The predicted octanol–water partition coefficient (Wildman–Crippen LogP) is 1.21. The van der Waals surface area contributed by atoms with Crippen LogP contribution in [-0.4, -0.2) is 37.9 Å². The molecule has 0 bridgehead atoms. The summed E-state index contributed by atoms with van der Waals surface area (Å²) < 4.78 is 9.42. The summed E-state index contributed by atoms with van der Waals surface area (Å²) in [5.41, 5.74) is -0.395. The highest BCUT2D eigenvalue weighted by Gasteiger charge is 2.18. The van der Waals surface area contributed by atoms with Crippen LogP contribution in [0.4, 0.5) is 0 Å². The van der Waals surface area contributed by atoms with Crippen molar-refractivity contribution in [1.29, 1.82) is 0 Å². The van der Waals surface area contributed by atoms with E-state index in [1.165, 1.54) is 14.0 Å². The van der Waals surface area contributed by atoms with Gasteiger partial charge in [0.15, 0.2) is 0 Å². The molecule has 5 heteroatoms. The van der Waals surface area contributed by atoms with E-state index in [1.807, 2.05) is 13.8 Å². The van der Waals surface area contributed by atoms with Crippen LogP contribution in [0.1, 0.15) is 27.7 Å². The van der Waals surface area contributed by atoms with Gasteiger partial charge in [-0.05, 0) is 6.92 Å². The zero-order chi connectivity index (χ0) is 12.8. The average Bonchev–Trinajstić information content (AvgIpc) is 2.22. The number of esters is 2. The zero-order valence-electron chi connectivity index (χ0n) is 10.4. The number of nitrogens with zero attached hydrogens (tertiary/aromatic N) is 1. The molecule has 1 atom stereocenters. The van der Waals surface area contributed by atoms with E-state index in [4.69, 9.17) is 4.74 Å². The molecule has 0 amide bonds. The first kappa shape index (κ1) is 14.6. The first-order chi connectivity index (χ1) is 7.28. The molecule has 1 unspecified atom stereocenters. The van der Waals surface area contributed by atoms with Crippen LogP contribution in [0.25, 0.3) is 0 Å². The largest absolute Gasteiger partial charge is 0.467 e. The Labute approximate surface area is 95.8 Å². The van der Waals surface area contributed by atoms with Gasteiger partial charge in [-0.3, -0.25) is 9.79 Å². The Morgan fingerprint density at radius 2 is 2.00 bits per heavy atom. The first-order valence-electron chi connectivity index (χ1n) is 5.04. The summed E-state index contributed by atoms with van der Waals surface area (Å²) in [6.07, 6.45) is 1.61. The van der Waals surface area contributed by atoms with E-state index in [0.29, 0.717) is 0 Å². The minimum atomic E-state index is -0.540. The Balaban J connectivity index is 4.28. The summed E-state index contributed by atoms with van der Waals surface area (Å²) in [5, 5.41) is 0. The van der Waals surface area contributed by atoms with Gasteiger partial charge in [-0.25, -0.2) is 4.79 Å². The Hall–Kier alpha value is -1.39. The van der Waals surface area contributed by atoms with Gasteiger partial charge in [-0.1, -0.05) is 13.8 Å². The lowest BCUT2D eigenvalue weighted by molar-refractivity contribution is -0.143. The molecule has 0 aromatic rings. The van der Waals surface area contributed by atoms with Gasteiger partial charge in [-0.2, -0.15) is 0 Å². The van der Waals surface area contributed by atoms with Crippen molar-refractivity contribution in [3.05, 3.63) is 0 Å². The van der Waals surface area contributed by atoms with Gasteiger partial charge in [0.05, 0.1) is 7.11 Å². The molecule has 0 aromatic heterocycles. The monoisotopic (exact) mass is 229 g/mol. The van der Waals surface area contributed by atoms with Crippen LogP contribution in [0.2, 0.25) is 0 Å². The van der Waals surface area contributed by atoms with Crippen molar-refractivity contribution >= 4 is 18.2 Å². The third-order valence-electron chi connectivity index (χ3n) is 1.84. The van der Waals surface area contributed by atoms with Crippen LogP contribution >= 0.6 is 0 Å². The van der Waals surface area contributed by atoms with Crippen LogP contribution in [0, 0.1) is 5.41 Å². The molecule has 0 rings (SSSR count). The highest BCUT2D eigenvalue weighted by atomic mass is 16.5. The van der Waals surface area contributed by atoms with Crippen molar-refractivity contribution in [2.75, 3.05) is 13.7 Å². The van der Waals surface area contributed by atoms with Crippen LogP contribution in [0.5, 0.6) is 0 Å². The maximum absolute atomic E-state index is 11.1. The first-order valence-corrected chi connectivity index (χ1v) is 5.04. The van der Waals surface area contributed by atoms with E-state index in [2.05, 4.69) is 9.73 Å². The zero-order valence-corrected chi connectivity index (χ0v) is 10.4. The molecule has 0 N–H and O–H groups in total. The molecule has 0 aliphatic carbocycles. The van der Waals surface area contributed by atoms with Gasteiger partial charge in [0.1, 0.15) is 12.6 Å². The number of carbonyl (C=O) groups is 2. The van der Waals surface area contributed by atoms with Gasteiger partial charge in [-0.15, -0.1) is 0 Å². The van der Waals surface area contributed by atoms with Crippen molar-refractivity contribution in [3.63, 3.8) is 0 Å². The molecule has 0 spiro atoms. The molecular formula is C11H19NO4. The Morgan fingerprint density at radius 1 is 1.44 bits per heavy atom. The van der Waals surface area contributed by atoms with Crippen molar-refractivity contribution in [3.8, 4) is 0 Å². The second-order valence-corrected chi connectivity index (χ2v) is 4.25. The van der Waals surface area contributed by atoms with E-state index in [1.54, 1.807) is 13.1 Å². The van der Waals surface area contributed by atoms with E-state index < -0.39 is 11.5 Å². The van der Waals surface area contributed by atoms with Crippen LogP contribution in [0.3, 0.4) is 0 Å². The smallest absolute Gasteiger partial charge is 0.330 e. The van der Waals surface area contributed by atoms with Crippen molar-refractivity contribution in [2.24, 2.45) is 10.4 Å². The van der Waals surface area contributed by atoms with Crippen LogP contribution in [0.15, 0.2) is 4.99 Å². The fourth-order valence-corrected chi connectivity index (χ4v) is 0.870. The molecule has 0 aliphatic heterocycles. The maximum atomic E-state index is 11.1. The van der Waals surface area contributed by atoms with Crippen LogP contribution < -0.4 is 0 Å². The van der Waals surface area contributed by atoms with E-state index in [0.717, 1.165) is 0 Å². The van der Waals surface area contributed by atoms with Gasteiger partial charge in [0, 0.05) is 18.6 Å². The quantitative estimate of drug-likeness (QED) is 0.525. The highest BCUT2D eigenvalue weighted by Crippen LogP contribution is 2.13. The lowest BCUT2D eigenvalue weighted by atomic mass is 9.97. The van der Waals surface area contributed by atoms with Gasteiger partial charge < -0.3 is 9.47 Å². The number of hydrogen-bond donors (Lipinski definition) is 0. The number of aliphatic imine (C=N–C) groups is 1. The Kier molecular flexibility index (Phi) is 5.71.